The normalized spacial score (nSPS) is 19.8. The monoisotopic (exact) mass is 306 g/mol. The number of hydrogen-bond donors (Lipinski definition) is 2. The van der Waals surface area contributed by atoms with Gasteiger partial charge in [-0.15, -0.1) is 0 Å². The summed E-state index contributed by atoms with van der Waals surface area (Å²) >= 11 is 0. The van der Waals surface area contributed by atoms with Crippen LogP contribution in [0.5, 0.6) is 11.5 Å². The van der Waals surface area contributed by atoms with Crippen LogP contribution in [-0.2, 0) is 11.3 Å². The Morgan fingerprint density at radius 1 is 1.32 bits per heavy atom. The van der Waals surface area contributed by atoms with E-state index in [0.29, 0.717) is 37.4 Å². The van der Waals surface area contributed by atoms with Gasteiger partial charge >= 0.3 is 12.0 Å². The third kappa shape index (κ3) is 3.08. The summed E-state index contributed by atoms with van der Waals surface area (Å²) in [5, 5.41) is 11.9. The molecule has 1 fully saturated rings. The van der Waals surface area contributed by atoms with Crippen LogP contribution < -0.4 is 14.8 Å². The van der Waals surface area contributed by atoms with Crippen LogP contribution in [-0.4, -0.2) is 41.9 Å². The van der Waals surface area contributed by atoms with Crippen LogP contribution in [0, 0.1) is 5.92 Å². The van der Waals surface area contributed by atoms with E-state index in [9.17, 15) is 9.59 Å². The number of carboxylic acids is 1. The van der Waals surface area contributed by atoms with Gasteiger partial charge in [0.25, 0.3) is 0 Å². The van der Waals surface area contributed by atoms with Crippen molar-refractivity contribution in [1.29, 1.82) is 0 Å². The number of carboxylic acid groups (broad SMARTS) is 1. The highest BCUT2D eigenvalue weighted by atomic mass is 16.7. The molecule has 0 aromatic heterocycles. The highest BCUT2D eigenvalue weighted by molar-refractivity contribution is 5.76. The number of benzene rings is 1. The Morgan fingerprint density at radius 2 is 2.14 bits per heavy atom. The summed E-state index contributed by atoms with van der Waals surface area (Å²) in [6, 6.07) is 5.28. The van der Waals surface area contributed by atoms with E-state index in [0.717, 1.165) is 5.56 Å². The molecule has 7 heteroatoms. The van der Waals surface area contributed by atoms with Gasteiger partial charge in [-0.25, -0.2) is 4.79 Å². The SMILES string of the molecule is O=C(O)C1CCCN(C(=O)NCc2ccc3c(c2)OCO3)C1. The lowest BCUT2D eigenvalue weighted by Gasteiger charge is -2.30. The van der Waals surface area contributed by atoms with Crippen molar-refractivity contribution in [2.75, 3.05) is 19.9 Å². The van der Waals surface area contributed by atoms with Crippen molar-refractivity contribution in [3.8, 4) is 11.5 Å². The molecule has 3 rings (SSSR count). The van der Waals surface area contributed by atoms with E-state index in [2.05, 4.69) is 5.32 Å². The van der Waals surface area contributed by atoms with Crippen molar-refractivity contribution < 1.29 is 24.2 Å². The minimum atomic E-state index is -0.840. The average molecular weight is 306 g/mol. The third-order valence-corrected chi connectivity index (χ3v) is 3.94. The Labute approximate surface area is 127 Å². The van der Waals surface area contributed by atoms with Gasteiger partial charge in [-0.05, 0) is 30.5 Å². The number of carbonyl (C=O) groups excluding carboxylic acids is 1. The fourth-order valence-electron chi connectivity index (χ4n) is 2.70. The molecule has 2 heterocycles. The number of fused-ring (bicyclic) bond motifs is 1. The van der Waals surface area contributed by atoms with Gasteiger partial charge in [-0.3, -0.25) is 4.79 Å². The van der Waals surface area contributed by atoms with Gasteiger partial charge in [0.05, 0.1) is 5.92 Å². The van der Waals surface area contributed by atoms with Crippen molar-refractivity contribution in [3.63, 3.8) is 0 Å². The number of ether oxygens (including phenoxy) is 2. The summed E-state index contributed by atoms with van der Waals surface area (Å²) in [6.07, 6.45) is 1.34. The molecule has 0 aliphatic carbocycles. The molecule has 0 spiro atoms. The molecule has 2 amide bonds. The highest BCUT2D eigenvalue weighted by Gasteiger charge is 2.28. The van der Waals surface area contributed by atoms with E-state index in [4.69, 9.17) is 14.6 Å². The number of nitrogens with one attached hydrogen (secondary N) is 1. The second-order valence-electron chi connectivity index (χ2n) is 5.47. The third-order valence-electron chi connectivity index (χ3n) is 3.94. The minimum Gasteiger partial charge on any atom is -0.481 e. The molecule has 1 unspecified atom stereocenters. The molecule has 2 aliphatic rings. The summed E-state index contributed by atoms with van der Waals surface area (Å²) < 4.78 is 10.5. The van der Waals surface area contributed by atoms with Crippen LogP contribution in [0.25, 0.3) is 0 Å². The molecule has 1 aromatic rings. The fraction of sp³-hybridized carbons (Fsp3) is 0.467. The second kappa shape index (κ2) is 6.13. The Kier molecular flexibility index (Phi) is 4.04. The Bertz CT molecular complexity index is 589. The van der Waals surface area contributed by atoms with Crippen molar-refractivity contribution in [2.45, 2.75) is 19.4 Å². The lowest BCUT2D eigenvalue weighted by atomic mass is 9.99. The molecule has 1 atom stereocenters. The molecule has 118 valence electrons. The van der Waals surface area contributed by atoms with E-state index in [1.165, 1.54) is 0 Å². The molecular formula is C15H18N2O5. The van der Waals surface area contributed by atoms with Gasteiger partial charge in [0.15, 0.2) is 11.5 Å². The van der Waals surface area contributed by atoms with Gasteiger partial charge in [-0.1, -0.05) is 6.07 Å². The summed E-state index contributed by atoms with van der Waals surface area (Å²) in [4.78, 5) is 24.7. The van der Waals surface area contributed by atoms with Crippen LogP contribution in [0.2, 0.25) is 0 Å². The molecule has 7 nitrogen and oxygen atoms in total. The topological polar surface area (TPSA) is 88.1 Å². The van der Waals surface area contributed by atoms with Crippen LogP contribution >= 0.6 is 0 Å². The van der Waals surface area contributed by atoms with E-state index >= 15 is 0 Å². The minimum absolute atomic E-state index is 0.218. The highest BCUT2D eigenvalue weighted by Crippen LogP contribution is 2.32. The molecule has 0 saturated carbocycles. The van der Waals surface area contributed by atoms with E-state index in [1.807, 2.05) is 18.2 Å². The first-order chi connectivity index (χ1) is 10.6. The predicted octanol–water partition coefficient (Wildman–Crippen LogP) is 1.42. The van der Waals surface area contributed by atoms with E-state index in [-0.39, 0.29) is 19.4 Å². The molecule has 0 bridgehead atoms. The van der Waals surface area contributed by atoms with Crippen molar-refractivity contribution >= 4 is 12.0 Å². The average Bonchev–Trinajstić information content (AvgIpc) is 3.00. The second-order valence-corrected chi connectivity index (χ2v) is 5.47. The summed E-state index contributed by atoms with van der Waals surface area (Å²) in [6.45, 7) is 1.44. The van der Waals surface area contributed by atoms with Crippen molar-refractivity contribution in [3.05, 3.63) is 23.8 Å². The summed E-state index contributed by atoms with van der Waals surface area (Å²) in [5.41, 5.74) is 0.907. The zero-order valence-electron chi connectivity index (χ0n) is 12.1. The quantitative estimate of drug-likeness (QED) is 0.882. The molecule has 0 radical (unpaired) electrons. The number of carbonyl (C=O) groups is 2. The van der Waals surface area contributed by atoms with E-state index < -0.39 is 11.9 Å². The smallest absolute Gasteiger partial charge is 0.317 e. The number of urea groups is 1. The first-order valence-electron chi connectivity index (χ1n) is 7.27. The van der Waals surface area contributed by atoms with Gasteiger partial charge in [-0.2, -0.15) is 0 Å². The number of hydrogen-bond acceptors (Lipinski definition) is 4. The van der Waals surface area contributed by atoms with Gasteiger partial charge < -0.3 is 24.8 Å². The van der Waals surface area contributed by atoms with Gasteiger partial charge in [0.1, 0.15) is 0 Å². The number of nitrogens with zero attached hydrogens (tertiary/aromatic N) is 1. The molecule has 1 aromatic carbocycles. The molecule has 2 N–H and O–H groups in total. The summed E-state index contributed by atoms with van der Waals surface area (Å²) in [5.74, 6) is 0.0735. The Hall–Kier alpha value is -2.44. The zero-order valence-corrected chi connectivity index (χ0v) is 12.1. The summed E-state index contributed by atoms with van der Waals surface area (Å²) in [7, 11) is 0. The van der Waals surface area contributed by atoms with Crippen LogP contribution in [0.15, 0.2) is 18.2 Å². The fourth-order valence-corrected chi connectivity index (χ4v) is 2.70. The molecule has 1 saturated heterocycles. The first kappa shape index (κ1) is 14.5. The van der Waals surface area contributed by atoms with Crippen LogP contribution in [0.3, 0.4) is 0 Å². The lowest BCUT2D eigenvalue weighted by Crippen LogP contribution is -2.46. The number of aliphatic carboxylic acids is 1. The Balaban J connectivity index is 1.54. The lowest BCUT2D eigenvalue weighted by molar-refractivity contribution is -0.143. The molecule has 22 heavy (non-hydrogen) atoms. The van der Waals surface area contributed by atoms with Crippen LogP contribution in [0.4, 0.5) is 4.79 Å². The van der Waals surface area contributed by atoms with Crippen molar-refractivity contribution in [1.82, 2.24) is 10.2 Å². The predicted molar refractivity (Wildman–Crippen MR) is 76.7 cm³/mol. The maximum Gasteiger partial charge on any atom is 0.317 e. The maximum absolute atomic E-state index is 12.1. The maximum atomic E-state index is 12.1. The standard InChI is InChI=1S/C15H18N2O5/c18-14(19)11-2-1-5-17(8-11)15(20)16-7-10-3-4-12-13(6-10)22-9-21-12/h3-4,6,11H,1-2,5,7-9H2,(H,16,20)(H,18,19). The largest absolute Gasteiger partial charge is 0.481 e. The number of amides is 2. The van der Waals surface area contributed by atoms with Crippen molar-refractivity contribution in [2.24, 2.45) is 5.92 Å². The number of rotatable bonds is 3. The Morgan fingerprint density at radius 3 is 2.95 bits per heavy atom. The molecular weight excluding hydrogens is 288 g/mol. The molecule has 2 aliphatic heterocycles. The van der Waals surface area contributed by atoms with E-state index in [1.54, 1.807) is 4.90 Å². The number of likely N-dealkylation sites (tertiary alicyclic amines) is 1. The van der Waals surface area contributed by atoms with Crippen LogP contribution in [0.1, 0.15) is 18.4 Å². The van der Waals surface area contributed by atoms with Gasteiger partial charge in [0.2, 0.25) is 6.79 Å². The first-order valence-corrected chi connectivity index (χ1v) is 7.27. The zero-order chi connectivity index (χ0) is 15.5. The van der Waals surface area contributed by atoms with Gasteiger partial charge in [0, 0.05) is 19.6 Å². The number of piperidine rings is 1.